The molecule has 0 unspecified atom stereocenters. The Morgan fingerprint density at radius 1 is 1.46 bits per heavy atom. The maximum absolute atomic E-state index is 12.1. The number of rotatable bonds is 4. The number of carbonyl (C=O) groups is 1. The van der Waals surface area contributed by atoms with E-state index in [0.717, 1.165) is 30.7 Å². The van der Waals surface area contributed by atoms with Crippen LogP contribution in [0.2, 0.25) is 5.02 Å². The van der Waals surface area contributed by atoms with Gasteiger partial charge in [0.2, 0.25) is 5.91 Å². The van der Waals surface area contributed by atoms with E-state index in [1.54, 1.807) is 0 Å². The quantitative estimate of drug-likeness (QED) is 0.876. The molecule has 1 fully saturated rings. The van der Waals surface area contributed by atoms with E-state index in [-0.39, 0.29) is 12.0 Å². The number of piperidine rings is 1. The van der Waals surface area contributed by atoms with Crippen LogP contribution >= 0.6 is 11.6 Å². The summed E-state index contributed by atoms with van der Waals surface area (Å²) in [6.07, 6.45) is 6.30. The number of halogens is 1. The minimum absolute atomic E-state index is 0.0420. The molecule has 0 radical (unpaired) electrons. The molecule has 3 N–H and O–H groups in total. The second-order valence-corrected chi connectivity index (χ2v) is 6.76. The second-order valence-electron chi connectivity index (χ2n) is 6.35. The van der Waals surface area contributed by atoms with E-state index in [0.29, 0.717) is 24.5 Å². The van der Waals surface area contributed by atoms with Crippen LogP contribution in [0.25, 0.3) is 6.08 Å². The first-order valence-corrected chi connectivity index (χ1v) is 8.89. The molecule has 130 valence electrons. The highest BCUT2D eigenvalue weighted by Gasteiger charge is 2.27. The molecule has 0 saturated carbocycles. The number of nitrogens with one attached hydrogen (secondary N) is 1. The van der Waals surface area contributed by atoms with Gasteiger partial charge in [0.1, 0.15) is 11.9 Å². The molecule has 1 amide bonds. The summed E-state index contributed by atoms with van der Waals surface area (Å²) in [5, 5.41) is 3.81. The molecule has 1 aromatic rings. The van der Waals surface area contributed by atoms with Crippen molar-refractivity contribution in [1.82, 2.24) is 10.2 Å². The van der Waals surface area contributed by atoms with Crippen LogP contribution in [0.3, 0.4) is 0 Å². The molecule has 2 aliphatic heterocycles. The summed E-state index contributed by atoms with van der Waals surface area (Å²) in [6, 6.07) is 3.57. The average Bonchev–Trinajstić information content (AvgIpc) is 2.61. The van der Waals surface area contributed by atoms with Gasteiger partial charge < -0.3 is 20.7 Å². The lowest BCUT2D eigenvalue weighted by molar-refractivity contribution is -0.134. The molecule has 1 aromatic carbocycles. The molecule has 1 atom stereocenters. The van der Waals surface area contributed by atoms with Gasteiger partial charge in [-0.05, 0) is 42.0 Å². The average molecular weight is 350 g/mol. The SMILES string of the molecule is CC[C@H](N)C(=O)N1CCC(Oc2cc3c(cc2Cl)CNC=C3)CC1. The van der Waals surface area contributed by atoms with Crippen molar-refractivity contribution in [2.24, 2.45) is 5.73 Å². The smallest absolute Gasteiger partial charge is 0.239 e. The van der Waals surface area contributed by atoms with Gasteiger partial charge in [-0.1, -0.05) is 18.5 Å². The van der Waals surface area contributed by atoms with Gasteiger partial charge in [0, 0.05) is 32.5 Å². The lowest BCUT2D eigenvalue weighted by atomic mass is 10.0. The Kier molecular flexibility index (Phi) is 5.31. The van der Waals surface area contributed by atoms with E-state index in [9.17, 15) is 4.79 Å². The Morgan fingerprint density at radius 3 is 2.92 bits per heavy atom. The highest BCUT2D eigenvalue weighted by molar-refractivity contribution is 6.32. The molecule has 1 saturated heterocycles. The Balaban J connectivity index is 1.61. The van der Waals surface area contributed by atoms with E-state index in [1.807, 2.05) is 36.2 Å². The molecule has 3 rings (SSSR count). The molecule has 24 heavy (non-hydrogen) atoms. The van der Waals surface area contributed by atoms with Crippen molar-refractivity contribution in [3.63, 3.8) is 0 Å². The number of likely N-dealkylation sites (tertiary alicyclic amines) is 1. The van der Waals surface area contributed by atoms with Crippen molar-refractivity contribution in [1.29, 1.82) is 0 Å². The molecule has 0 bridgehead atoms. The predicted octanol–water partition coefficient (Wildman–Crippen LogP) is 2.52. The topological polar surface area (TPSA) is 67.6 Å². The van der Waals surface area contributed by atoms with E-state index >= 15 is 0 Å². The summed E-state index contributed by atoms with van der Waals surface area (Å²) in [5.41, 5.74) is 8.14. The number of fused-ring (bicyclic) bond motifs is 1. The van der Waals surface area contributed by atoms with Crippen molar-refractivity contribution in [3.8, 4) is 5.75 Å². The zero-order valence-electron chi connectivity index (χ0n) is 13.9. The Morgan fingerprint density at radius 2 is 2.21 bits per heavy atom. The van der Waals surface area contributed by atoms with Crippen molar-refractivity contribution >= 4 is 23.6 Å². The second kappa shape index (κ2) is 7.45. The van der Waals surface area contributed by atoms with Crippen molar-refractivity contribution < 1.29 is 9.53 Å². The number of benzene rings is 1. The molecule has 0 aromatic heterocycles. The third-order valence-electron chi connectivity index (χ3n) is 4.67. The van der Waals surface area contributed by atoms with E-state index < -0.39 is 6.04 Å². The van der Waals surface area contributed by atoms with Crippen LogP contribution in [0.5, 0.6) is 5.75 Å². The lowest BCUT2D eigenvalue weighted by Gasteiger charge is -2.33. The highest BCUT2D eigenvalue weighted by Crippen LogP contribution is 2.32. The van der Waals surface area contributed by atoms with Gasteiger partial charge in [-0.2, -0.15) is 0 Å². The van der Waals surface area contributed by atoms with Crippen LogP contribution in [0.15, 0.2) is 18.3 Å². The Hall–Kier alpha value is -1.72. The van der Waals surface area contributed by atoms with Crippen molar-refractivity contribution in [2.45, 2.75) is 44.9 Å². The monoisotopic (exact) mass is 349 g/mol. The standard InChI is InChI=1S/C18H24ClN3O2/c1-2-16(20)18(23)22-7-4-14(5-8-22)24-17-10-12-3-6-21-11-13(12)9-15(17)19/h3,6,9-10,14,16,21H,2,4-5,7-8,11,20H2,1H3/t16-/m0/s1. The van der Waals surface area contributed by atoms with E-state index in [2.05, 4.69) is 5.32 Å². The fourth-order valence-electron chi connectivity index (χ4n) is 3.11. The summed E-state index contributed by atoms with van der Waals surface area (Å²) in [6.45, 7) is 4.08. The Bertz CT molecular complexity index is 639. The fourth-order valence-corrected chi connectivity index (χ4v) is 3.34. The summed E-state index contributed by atoms with van der Waals surface area (Å²) < 4.78 is 6.11. The van der Waals surface area contributed by atoms with Gasteiger partial charge in [0.15, 0.2) is 0 Å². The normalized spacial score (nSPS) is 18.7. The maximum Gasteiger partial charge on any atom is 0.239 e. The van der Waals surface area contributed by atoms with Crippen molar-refractivity contribution in [3.05, 3.63) is 34.5 Å². The summed E-state index contributed by atoms with van der Waals surface area (Å²) in [7, 11) is 0. The molecular formula is C18H24ClN3O2. The zero-order valence-corrected chi connectivity index (χ0v) is 14.7. The number of amides is 1. The van der Waals surface area contributed by atoms with Gasteiger partial charge >= 0.3 is 0 Å². The summed E-state index contributed by atoms with van der Waals surface area (Å²) >= 11 is 6.36. The molecule has 0 spiro atoms. The highest BCUT2D eigenvalue weighted by atomic mass is 35.5. The van der Waals surface area contributed by atoms with Gasteiger partial charge in [0.05, 0.1) is 11.1 Å². The van der Waals surface area contributed by atoms with E-state index in [1.165, 1.54) is 5.56 Å². The van der Waals surface area contributed by atoms with Gasteiger partial charge in [-0.25, -0.2) is 0 Å². The zero-order chi connectivity index (χ0) is 17.1. The number of nitrogens with two attached hydrogens (primary N) is 1. The van der Waals surface area contributed by atoms with Crippen LogP contribution < -0.4 is 15.8 Å². The molecule has 5 nitrogen and oxygen atoms in total. The van der Waals surface area contributed by atoms with Gasteiger partial charge in [-0.3, -0.25) is 4.79 Å². The van der Waals surface area contributed by atoms with Crippen LogP contribution in [-0.2, 0) is 11.3 Å². The fraction of sp³-hybridized carbons (Fsp3) is 0.500. The van der Waals surface area contributed by atoms with Crippen molar-refractivity contribution in [2.75, 3.05) is 13.1 Å². The van der Waals surface area contributed by atoms with Gasteiger partial charge in [0.25, 0.3) is 0 Å². The number of nitrogens with zero attached hydrogens (tertiary/aromatic N) is 1. The maximum atomic E-state index is 12.1. The first-order valence-electron chi connectivity index (χ1n) is 8.52. The number of hydrogen-bond acceptors (Lipinski definition) is 4. The van der Waals surface area contributed by atoms with Crippen LogP contribution in [0, 0.1) is 0 Å². The largest absolute Gasteiger partial charge is 0.489 e. The van der Waals surface area contributed by atoms with Gasteiger partial charge in [-0.15, -0.1) is 0 Å². The molecule has 0 aliphatic carbocycles. The number of hydrogen-bond donors (Lipinski definition) is 2. The van der Waals surface area contributed by atoms with Crippen LogP contribution in [-0.4, -0.2) is 36.0 Å². The molecule has 2 aliphatic rings. The van der Waals surface area contributed by atoms with Crippen LogP contribution in [0.1, 0.15) is 37.3 Å². The Labute approximate surface area is 147 Å². The minimum Gasteiger partial charge on any atom is -0.489 e. The van der Waals surface area contributed by atoms with Crippen LogP contribution in [0.4, 0.5) is 0 Å². The molecule has 2 heterocycles. The molecular weight excluding hydrogens is 326 g/mol. The first kappa shape index (κ1) is 17.1. The third-order valence-corrected chi connectivity index (χ3v) is 4.97. The molecule has 6 heteroatoms. The lowest BCUT2D eigenvalue weighted by Crippen LogP contribution is -2.48. The summed E-state index contributed by atoms with van der Waals surface area (Å²) in [4.78, 5) is 14.0. The number of ether oxygens (including phenoxy) is 1. The number of carbonyl (C=O) groups excluding carboxylic acids is 1. The first-order chi connectivity index (χ1) is 11.6. The predicted molar refractivity (Wildman–Crippen MR) is 95.8 cm³/mol. The summed E-state index contributed by atoms with van der Waals surface area (Å²) in [5.74, 6) is 0.761. The minimum atomic E-state index is -0.391. The third kappa shape index (κ3) is 3.68. The van der Waals surface area contributed by atoms with E-state index in [4.69, 9.17) is 22.1 Å².